The Morgan fingerprint density at radius 2 is 2.12 bits per heavy atom. The molecule has 1 aromatic heterocycles. The Hall–Kier alpha value is -1.94. The summed E-state index contributed by atoms with van der Waals surface area (Å²) in [7, 11) is 1.58. The first kappa shape index (κ1) is 11.5. The highest BCUT2D eigenvalue weighted by atomic mass is 35.5. The van der Waals surface area contributed by atoms with Crippen molar-refractivity contribution in [3.05, 3.63) is 41.6 Å². The number of pyridine rings is 1. The van der Waals surface area contributed by atoms with Crippen LogP contribution in [0.15, 0.2) is 36.5 Å². The minimum Gasteiger partial charge on any atom is -0.495 e. The fraction of sp³-hybridized carbons (Fsp3) is 0.0833. The van der Waals surface area contributed by atoms with E-state index in [1.807, 2.05) is 6.07 Å². The van der Waals surface area contributed by atoms with Crippen LogP contribution in [0.5, 0.6) is 5.75 Å². The maximum Gasteiger partial charge on any atom is 0.137 e. The lowest BCUT2D eigenvalue weighted by molar-refractivity contribution is 0.415. The van der Waals surface area contributed by atoms with Gasteiger partial charge in [-0.25, -0.2) is 4.98 Å². The van der Waals surface area contributed by atoms with Crippen molar-refractivity contribution in [2.24, 2.45) is 0 Å². The molecule has 0 atom stereocenters. The number of aromatic nitrogens is 1. The molecule has 0 saturated carbocycles. The zero-order valence-electron chi connectivity index (χ0n) is 9.27. The van der Waals surface area contributed by atoms with E-state index in [1.165, 1.54) is 0 Å². The summed E-state index contributed by atoms with van der Waals surface area (Å²) in [6.07, 6.45) is 1.64. The number of rotatable bonds is 3. The van der Waals surface area contributed by atoms with E-state index in [-0.39, 0.29) is 0 Å². The number of ether oxygens (including phenoxy) is 1. The van der Waals surface area contributed by atoms with Gasteiger partial charge in [0.1, 0.15) is 11.6 Å². The van der Waals surface area contributed by atoms with Crippen molar-refractivity contribution in [3.63, 3.8) is 0 Å². The third kappa shape index (κ3) is 2.79. The quantitative estimate of drug-likeness (QED) is 0.878. The van der Waals surface area contributed by atoms with E-state index >= 15 is 0 Å². The lowest BCUT2D eigenvalue weighted by atomic mass is 10.3. The van der Waals surface area contributed by atoms with Crippen LogP contribution in [-0.2, 0) is 0 Å². The smallest absolute Gasteiger partial charge is 0.137 e. The molecule has 0 radical (unpaired) electrons. The molecule has 0 saturated heterocycles. The predicted molar refractivity (Wildman–Crippen MR) is 69.9 cm³/mol. The molecule has 4 nitrogen and oxygen atoms in total. The van der Waals surface area contributed by atoms with Gasteiger partial charge in [-0.3, -0.25) is 0 Å². The van der Waals surface area contributed by atoms with Crippen molar-refractivity contribution in [3.8, 4) is 5.75 Å². The van der Waals surface area contributed by atoms with Crippen molar-refractivity contribution < 1.29 is 4.74 Å². The Bertz CT molecular complexity index is 531. The van der Waals surface area contributed by atoms with E-state index < -0.39 is 0 Å². The van der Waals surface area contributed by atoms with Crippen LogP contribution in [0.1, 0.15) is 0 Å². The molecule has 88 valence electrons. The molecule has 5 heteroatoms. The van der Waals surface area contributed by atoms with Gasteiger partial charge in [-0.2, -0.15) is 0 Å². The number of anilines is 3. The van der Waals surface area contributed by atoms with Crippen molar-refractivity contribution in [2.45, 2.75) is 0 Å². The van der Waals surface area contributed by atoms with Crippen molar-refractivity contribution in [1.29, 1.82) is 0 Å². The second-order valence-corrected chi connectivity index (χ2v) is 3.86. The van der Waals surface area contributed by atoms with Crippen LogP contribution in [0, 0.1) is 0 Å². The van der Waals surface area contributed by atoms with Gasteiger partial charge >= 0.3 is 0 Å². The minimum atomic E-state index is 0.543. The topological polar surface area (TPSA) is 60.2 Å². The molecule has 17 heavy (non-hydrogen) atoms. The molecule has 1 heterocycles. The maximum atomic E-state index is 6.02. The van der Waals surface area contributed by atoms with Gasteiger partial charge in [0.15, 0.2) is 0 Å². The van der Waals surface area contributed by atoms with E-state index in [2.05, 4.69) is 10.3 Å². The summed E-state index contributed by atoms with van der Waals surface area (Å²) in [6.45, 7) is 0. The number of hydrogen-bond donors (Lipinski definition) is 2. The van der Waals surface area contributed by atoms with Crippen LogP contribution in [-0.4, -0.2) is 12.1 Å². The molecule has 1 aromatic carbocycles. The van der Waals surface area contributed by atoms with Gasteiger partial charge in [-0.15, -0.1) is 0 Å². The summed E-state index contributed by atoms with van der Waals surface area (Å²) < 4.78 is 5.07. The molecule has 0 aliphatic heterocycles. The normalized spacial score (nSPS) is 10.0. The van der Waals surface area contributed by atoms with Crippen LogP contribution >= 0.6 is 11.6 Å². The average Bonchev–Trinajstić information content (AvgIpc) is 2.29. The number of benzene rings is 1. The predicted octanol–water partition coefficient (Wildman–Crippen LogP) is 3.07. The van der Waals surface area contributed by atoms with Gasteiger partial charge < -0.3 is 15.8 Å². The van der Waals surface area contributed by atoms with Gasteiger partial charge in [-0.1, -0.05) is 11.6 Å². The van der Waals surface area contributed by atoms with Crippen LogP contribution in [0.3, 0.4) is 0 Å². The fourth-order valence-electron chi connectivity index (χ4n) is 1.41. The molecule has 0 bridgehead atoms. The largest absolute Gasteiger partial charge is 0.495 e. The summed E-state index contributed by atoms with van der Waals surface area (Å²) in [4.78, 5) is 4.14. The monoisotopic (exact) mass is 249 g/mol. The summed E-state index contributed by atoms with van der Waals surface area (Å²) in [6, 6.07) is 8.89. The fourth-order valence-corrected chi connectivity index (χ4v) is 1.66. The van der Waals surface area contributed by atoms with Gasteiger partial charge in [0, 0.05) is 23.6 Å². The molecule has 0 aliphatic rings. The van der Waals surface area contributed by atoms with Gasteiger partial charge in [-0.05, 0) is 24.3 Å². The number of halogens is 1. The van der Waals surface area contributed by atoms with Crippen molar-refractivity contribution in [1.82, 2.24) is 4.98 Å². The van der Waals surface area contributed by atoms with E-state index in [9.17, 15) is 0 Å². The zero-order chi connectivity index (χ0) is 12.3. The molecular formula is C12H12ClN3O. The molecule has 0 aliphatic carbocycles. The number of hydrogen-bond acceptors (Lipinski definition) is 4. The first-order valence-corrected chi connectivity index (χ1v) is 5.39. The number of nitrogen functional groups attached to an aromatic ring is 1. The second kappa shape index (κ2) is 4.93. The Balaban J connectivity index is 2.22. The highest BCUT2D eigenvalue weighted by molar-refractivity contribution is 6.32. The van der Waals surface area contributed by atoms with Crippen LogP contribution in [0.4, 0.5) is 17.2 Å². The van der Waals surface area contributed by atoms with Crippen molar-refractivity contribution >= 4 is 28.8 Å². The number of nitrogens with one attached hydrogen (secondary N) is 1. The third-order valence-electron chi connectivity index (χ3n) is 2.21. The highest BCUT2D eigenvalue weighted by Gasteiger charge is 2.02. The van der Waals surface area contributed by atoms with Crippen LogP contribution in [0.25, 0.3) is 0 Å². The minimum absolute atomic E-state index is 0.543. The van der Waals surface area contributed by atoms with Crippen LogP contribution in [0.2, 0.25) is 5.02 Å². The third-order valence-corrected chi connectivity index (χ3v) is 2.50. The Kier molecular flexibility index (Phi) is 3.35. The lowest BCUT2D eigenvalue weighted by Gasteiger charge is -2.08. The molecule has 0 amide bonds. The summed E-state index contributed by atoms with van der Waals surface area (Å²) >= 11 is 6.02. The van der Waals surface area contributed by atoms with E-state index in [4.69, 9.17) is 22.1 Å². The molecule has 0 spiro atoms. The first-order valence-electron chi connectivity index (χ1n) is 5.01. The second-order valence-electron chi connectivity index (χ2n) is 3.45. The van der Waals surface area contributed by atoms with Gasteiger partial charge in [0.2, 0.25) is 0 Å². The maximum absolute atomic E-state index is 6.02. The summed E-state index contributed by atoms with van der Waals surface area (Å²) in [5, 5.41) is 3.65. The number of nitrogens with two attached hydrogens (primary N) is 1. The Labute approximate surface area is 104 Å². The van der Waals surface area contributed by atoms with E-state index in [0.717, 1.165) is 5.69 Å². The summed E-state index contributed by atoms with van der Waals surface area (Å²) in [5.41, 5.74) is 7.14. The van der Waals surface area contributed by atoms with E-state index in [0.29, 0.717) is 22.3 Å². The molecule has 2 rings (SSSR count). The molecule has 0 unspecified atom stereocenters. The SMILES string of the molecule is COc1ccc(Nc2cc(N)ccn2)cc1Cl. The molecule has 0 fully saturated rings. The number of nitrogens with zero attached hydrogens (tertiary/aromatic N) is 1. The Morgan fingerprint density at radius 1 is 1.29 bits per heavy atom. The zero-order valence-corrected chi connectivity index (χ0v) is 10.0. The summed E-state index contributed by atoms with van der Waals surface area (Å²) in [5.74, 6) is 1.31. The lowest BCUT2D eigenvalue weighted by Crippen LogP contribution is -1.95. The molecule has 2 aromatic rings. The highest BCUT2D eigenvalue weighted by Crippen LogP contribution is 2.28. The van der Waals surface area contributed by atoms with Gasteiger partial charge in [0.05, 0.1) is 12.1 Å². The Morgan fingerprint density at radius 3 is 2.76 bits per heavy atom. The standard InChI is InChI=1S/C12H12ClN3O/c1-17-11-3-2-9(7-10(11)13)16-12-6-8(14)4-5-15-12/h2-7H,1H3,(H3,14,15,16). The van der Waals surface area contributed by atoms with E-state index in [1.54, 1.807) is 37.6 Å². The van der Waals surface area contributed by atoms with Crippen molar-refractivity contribution in [2.75, 3.05) is 18.2 Å². The molecule has 3 N–H and O–H groups in total. The van der Waals surface area contributed by atoms with Gasteiger partial charge in [0.25, 0.3) is 0 Å². The average molecular weight is 250 g/mol. The first-order chi connectivity index (χ1) is 8.19. The number of methoxy groups -OCH3 is 1. The van der Waals surface area contributed by atoms with Crippen LogP contribution < -0.4 is 15.8 Å². The molecular weight excluding hydrogens is 238 g/mol.